The maximum atomic E-state index is 12.1. The highest BCUT2D eigenvalue weighted by atomic mass is 35.5. The Morgan fingerprint density at radius 2 is 2.21 bits per heavy atom. The standard InChI is InChI=1S/C17H23N3O3.ClH/c18-10-14-6-7-15(23-14)17(22)19-11-12-3-1-4-13(9-12)20-8-2-5-16(20)21;/h1,3-4,9,14-15H,2,5-8,10-11,18H2,(H,19,22);1H/t14-,15+;/m1./s1. The third-order valence-corrected chi connectivity index (χ3v) is 4.43. The van der Waals surface area contributed by atoms with Crippen LogP contribution in [0.5, 0.6) is 0 Å². The summed E-state index contributed by atoms with van der Waals surface area (Å²) in [6.45, 7) is 1.66. The van der Waals surface area contributed by atoms with E-state index < -0.39 is 6.10 Å². The lowest BCUT2D eigenvalue weighted by Crippen LogP contribution is -2.35. The lowest BCUT2D eigenvalue weighted by atomic mass is 10.1. The molecule has 2 aliphatic rings. The fourth-order valence-electron chi connectivity index (χ4n) is 3.13. The smallest absolute Gasteiger partial charge is 0.249 e. The quantitative estimate of drug-likeness (QED) is 0.837. The van der Waals surface area contributed by atoms with Crippen molar-refractivity contribution in [2.24, 2.45) is 5.73 Å². The van der Waals surface area contributed by atoms with Gasteiger partial charge in [-0.25, -0.2) is 0 Å². The van der Waals surface area contributed by atoms with Crippen molar-refractivity contribution in [1.29, 1.82) is 0 Å². The lowest BCUT2D eigenvalue weighted by Gasteiger charge is -2.17. The van der Waals surface area contributed by atoms with Crippen LogP contribution >= 0.6 is 12.4 Å². The molecule has 2 aliphatic heterocycles. The fraction of sp³-hybridized carbons (Fsp3) is 0.529. The van der Waals surface area contributed by atoms with Crippen LogP contribution in [-0.2, 0) is 20.9 Å². The number of ether oxygens (including phenoxy) is 1. The normalized spacial score (nSPS) is 23.2. The highest BCUT2D eigenvalue weighted by molar-refractivity contribution is 5.95. The number of nitrogens with one attached hydrogen (secondary N) is 1. The number of halogens is 1. The van der Waals surface area contributed by atoms with E-state index in [0.717, 1.165) is 37.1 Å². The Bertz CT molecular complexity index is 596. The van der Waals surface area contributed by atoms with Gasteiger partial charge >= 0.3 is 0 Å². The van der Waals surface area contributed by atoms with Crippen molar-refractivity contribution in [3.8, 4) is 0 Å². The van der Waals surface area contributed by atoms with Crippen molar-refractivity contribution in [3.05, 3.63) is 29.8 Å². The van der Waals surface area contributed by atoms with E-state index >= 15 is 0 Å². The SMILES string of the molecule is Cl.NC[C@H]1CC[C@@H](C(=O)NCc2cccc(N3CCCC3=O)c2)O1. The first-order valence-electron chi connectivity index (χ1n) is 8.20. The molecule has 0 aromatic heterocycles. The van der Waals surface area contributed by atoms with Crippen LogP contribution in [0.25, 0.3) is 0 Å². The molecule has 2 heterocycles. The maximum absolute atomic E-state index is 12.1. The van der Waals surface area contributed by atoms with Crippen LogP contribution < -0.4 is 16.0 Å². The molecule has 132 valence electrons. The van der Waals surface area contributed by atoms with Gasteiger partial charge in [0.2, 0.25) is 11.8 Å². The van der Waals surface area contributed by atoms with Crippen LogP contribution in [0.4, 0.5) is 5.69 Å². The Kier molecular flexibility index (Phi) is 6.60. The van der Waals surface area contributed by atoms with Gasteiger partial charge in [0.25, 0.3) is 0 Å². The van der Waals surface area contributed by atoms with E-state index in [1.165, 1.54) is 0 Å². The first kappa shape index (κ1) is 18.7. The number of nitrogens with two attached hydrogens (primary N) is 1. The molecule has 0 bridgehead atoms. The summed E-state index contributed by atoms with van der Waals surface area (Å²) in [6.07, 6.45) is 2.67. The summed E-state index contributed by atoms with van der Waals surface area (Å²) in [4.78, 5) is 25.7. The van der Waals surface area contributed by atoms with Gasteiger partial charge in [-0.1, -0.05) is 12.1 Å². The van der Waals surface area contributed by atoms with Gasteiger partial charge in [0.05, 0.1) is 6.10 Å². The number of carbonyl (C=O) groups is 2. The van der Waals surface area contributed by atoms with Gasteiger partial charge in [-0.05, 0) is 37.0 Å². The van der Waals surface area contributed by atoms with Gasteiger partial charge in [-0.2, -0.15) is 0 Å². The summed E-state index contributed by atoms with van der Waals surface area (Å²) in [5.74, 6) is 0.0713. The van der Waals surface area contributed by atoms with Crippen molar-refractivity contribution in [2.75, 3.05) is 18.0 Å². The Morgan fingerprint density at radius 1 is 1.38 bits per heavy atom. The summed E-state index contributed by atoms with van der Waals surface area (Å²) in [6, 6.07) is 7.75. The number of hydrogen-bond donors (Lipinski definition) is 2. The van der Waals surface area contributed by atoms with Gasteiger partial charge in [-0.3, -0.25) is 9.59 Å². The average molecular weight is 354 g/mol. The molecule has 6 nitrogen and oxygen atoms in total. The Morgan fingerprint density at radius 3 is 2.88 bits per heavy atom. The Balaban J connectivity index is 0.00000208. The molecule has 1 aromatic carbocycles. The number of hydrogen-bond acceptors (Lipinski definition) is 4. The predicted octanol–water partition coefficient (Wildman–Crippen LogP) is 1.36. The topological polar surface area (TPSA) is 84.7 Å². The molecule has 3 N–H and O–H groups in total. The number of benzene rings is 1. The average Bonchev–Trinajstić information content (AvgIpc) is 3.21. The van der Waals surface area contributed by atoms with Crippen LogP contribution in [0.15, 0.2) is 24.3 Å². The molecule has 1 aromatic rings. The van der Waals surface area contributed by atoms with Crippen LogP contribution in [0.3, 0.4) is 0 Å². The minimum atomic E-state index is -0.396. The zero-order chi connectivity index (χ0) is 16.2. The van der Waals surface area contributed by atoms with Crippen LogP contribution in [-0.4, -0.2) is 37.1 Å². The number of carbonyl (C=O) groups excluding carboxylic acids is 2. The lowest BCUT2D eigenvalue weighted by molar-refractivity contribution is -0.132. The van der Waals surface area contributed by atoms with Crippen LogP contribution in [0, 0.1) is 0 Å². The molecule has 0 aliphatic carbocycles. The zero-order valence-corrected chi connectivity index (χ0v) is 14.4. The summed E-state index contributed by atoms with van der Waals surface area (Å²) >= 11 is 0. The minimum absolute atomic E-state index is 0. The van der Waals surface area contributed by atoms with Gasteiger partial charge in [0.1, 0.15) is 6.10 Å². The van der Waals surface area contributed by atoms with E-state index in [2.05, 4.69) is 5.32 Å². The molecule has 3 rings (SSSR count). The van der Waals surface area contributed by atoms with Crippen LogP contribution in [0.1, 0.15) is 31.2 Å². The maximum Gasteiger partial charge on any atom is 0.249 e. The van der Waals surface area contributed by atoms with E-state index in [1.54, 1.807) is 4.90 Å². The minimum Gasteiger partial charge on any atom is -0.364 e. The second-order valence-electron chi connectivity index (χ2n) is 6.10. The molecule has 2 saturated heterocycles. The van der Waals surface area contributed by atoms with Gasteiger partial charge in [-0.15, -0.1) is 12.4 Å². The van der Waals surface area contributed by atoms with Crippen LogP contribution in [0.2, 0.25) is 0 Å². The van der Waals surface area contributed by atoms with E-state index in [0.29, 0.717) is 19.5 Å². The van der Waals surface area contributed by atoms with Crippen molar-refractivity contribution in [3.63, 3.8) is 0 Å². The second kappa shape index (κ2) is 8.46. The largest absolute Gasteiger partial charge is 0.364 e. The van der Waals surface area contributed by atoms with Crippen molar-refractivity contribution in [1.82, 2.24) is 5.32 Å². The first-order chi connectivity index (χ1) is 11.2. The van der Waals surface area contributed by atoms with E-state index in [1.807, 2.05) is 24.3 Å². The third kappa shape index (κ3) is 4.26. The fourth-order valence-corrected chi connectivity index (χ4v) is 3.13. The Labute approximate surface area is 148 Å². The molecule has 0 radical (unpaired) electrons. The van der Waals surface area contributed by atoms with Crippen molar-refractivity contribution < 1.29 is 14.3 Å². The summed E-state index contributed by atoms with van der Waals surface area (Å²) in [7, 11) is 0. The molecule has 2 atom stereocenters. The highest BCUT2D eigenvalue weighted by Gasteiger charge is 2.29. The van der Waals surface area contributed by atoms with E-state index in [-0.39, 0.29) is 30.3 Å². The van der Waals surface area contributed by atoms with Gasteiger partial charge < -0.3 is 20.7 Å². The predicted molar refractivity (Wildman–Crippen MR) is 94.1 cm³/mol. The molecule has 0 unspecified atom stereocenters. The molecule has 0 saturated carbocycles. The first-order valence-corrected chi connectivity index (χ1v) is 8.20. The molecule has 0 spiro atoms. The zero-order valence-electron chi connectivity index (χ0n) is 13.6. The van der Waals surface area contributed by atoms with Gasteiger partial charge in [0, 0.05) is 31.7 Å². The molecule has 7 heteroatoms. The highest BCUT2D eigenvalue weighted by Crippen LogP contribution is 2.22. The number of anilines is 1. The number of rotatable bonds is 5. The molecular weight excluding hydrogens is 330 g/mol. The van der Waals surface area contributed by atoms with Gasteiger partial charge in [0.15, 0.2) is 0 Å². The number of nitrogens with zero attached hydrogens (tertiary/aromatic N) is 1. The second-order valence-corrected chi connectivity index (χ2v) is 6.10. The molecule has 24 heavy (non-hydrogen) atoms. The summed E-state index contributed by atoms with van der Waals surface area (Å²) < 4.78 is 5.59. The van der Waals surface area contributed by atoms with E-state index in [4.69, 9.17) is 10.5 Å². The number of amides is 2. The van der Waals surface area contributed by atoms with Crippen molar-refractivity contribution >= 4 is 29.9 Å². The molecular formula is C17H24ClN3O3. The molecule has 2 amide bonds. The third-order valence-electron chi connectivity index (χ3n) is 4.43. The summed E-state index contributed by atoms with van der Waals surface area (Å²) in [5, 5.41) is 2.91. The van der Waals surface area contributed by atoms with Crippen molar-refractivity contribution in [2.45, 2.75) is 44.4 Å². The summed E-state index contributed by atoms with van der Waals surface area (Å²) in [5.41, 5.74) is 7.44. The monoisotopic (exact) mass is 353 g/mol. The Hall–Kier alpha value is -1.63. The molecule has 2 fully saturated rings. The van der Waals surface area contributed by atoms with E-state index in [9.17, 15) is 9.59 Å².